The van der Waals surface area contributed by atoms with Crippen molar-refractivity contribution in [2.45, 2.75) is 52.6 Å². The summed E-state index contributed by atoms with van der Waals surface area (Å²) in [6, 6.07) is -1.00. The number of aliphatic carboxylic acids is 1. The third-order valence-electron chi connectivity index (χ3n) is 3.25. The summed E-state index contributed by atoms with van der Waals surface area (Å²) in [5.74, 6) is -0.877. The van der Waals surface area contributed by atoms with E-state index >= 15 is 0 Å². The molecular formula is C15H25N3O3S. The van der Waals surface area contributed by atoms with Crippen LogP contribution in [0.1, 0.15) is 50.9 Å². The average molecular weight is 327 g/mol. The van der Waals surface area contributed by atoms with E-state index in [0.717, 1.165) is 5.01 Å². The maximum atomic E-state index is 12.0. The summed E-state index contributed by atoms with van der Waals surface area (Å²) in [5, 5.41) is 14.3. The van der Waals surface area contributed by atoms with Crippen molar-refractivity contribution >= 4 is 23.2 Å². The summed E-state index contributed by atoms with van der Waals surface area (Å²) >= 11 is 1.43. The fourth-order valence-corrected chi connectivity index (χ4v) is 2.94. The third-order valence-corrected chi connectivity index (χ3v) is 4.25. The number of hydrogen-bond donors (Lipinski definition) is 3. The number of rotatable bonds is 8. The van der Waals surface area contributed by atoms with Crippen LogP contribution in [0.15, 0.2) is 5.38 Å². The number of nitrogens with two attached hydrogens (primary N) is 1. The lowest BCUT2D eigenvalue weighted by Crippen LogP contribution is -2.42. The summed E-state index contributed by atoms with van der Waals surface area (Å²) in [6.45, 7) is 7.87. The number of nitrogens with one attached hydrogen (secondary N) is 1. The molecule has 0 spiro atoms. The first-order valence-corrected chi connectivity index (χ1v) is 8.30. The SMILES string of the molecule is CC(C)CC(NC(=O)Cc1csc(C(N)C(C)C)n1)C(=O)O. The van der Waals surface area contributed by atoms with Gasteiger partial charge in [0, 0.05) is 5.38 Å². The predicted octanol–water partition coefficient (Wildman–Crippen LogP) is 1.96. The monoisotopic (exact) mass is 327 g/mol. The van der Waals surface area contributed by atoms with E-state index < -0.39 is 12.0 Å². The molecule has 2 unspecified atom stereocenters. The van der Waals surface area contributed by atoms with Gasteiger partial charge in [0.15, 0.2) is 0 Å². The Hall–Kier alpha value is -1.47. The normalized spacial score (nSPS) is 14.1. The Morgan fingerprint density at radius 2 is 2.00 bits per heavy atom. The number of amides is 1. The lowest BCUT2D eigenvalue weighted by molar-refractivity contribution is -0.142. The topological polar surface area (TPSA) is 105 Å². The Labute approximate surface area is 135 Å². The number of nitrogens with zero attached hydrogens (tertiary/aromatic N) is 1. The molecule has 22 heavy (non-hydrogen) atoms. The Morgan fingerprint density at radius 3 is 2.50 bits per heavy atom. The summed E-state index contributed by atoms with van der Waals surface area (Å²) in [4.78, 5) is 27.5. The minimum atomic E-state index is -1.01. The van der Waals surface area contributed by atoms with Crippen molar-refractivity contribution in [2.24, 2.45) is 17.6 Å². The zero-order valence-corrected chi connectivity index (χ0v) is 14.3. The maximum absolute atomic E-state index is 12.0. The number of carboxylic acid groups (broad SMARTS) is 1. The highest BCUT2D eigenvalue weighted by molar-refractivity contribution is 7.09. The third kappa shape index (κ3) is 5.73. The molecule has 0 saturated heterocycles. The largest absolute Gasteiger partial charge is 0.480 e. The quantitative estimate of drug-likeness (QED) is 0.677. The first kappa shape index (κ1) is 18.6. The summed E-state index contributed by atoms with van der Waals surface area (Å²) in [6.07, 6.45) is 0.477. The highest BCUT2D eigenvalue weighted by Gasteiger charge is 2.22. The molecule has 0 radical (unpaired) electrons. The number of carbonyl (C=O) groups excluding carboxylic acids is 1. The smallest absolute Gasteiger partial charge is 0.326 e. The molecule has 0 aromatic carbocycles. The van der Waals surface area contributed by atoms with Crippen LogP contribution < -0.4 is 11.1 Å². The van der Waals surface area contributed by atoms with Crippen LogP contribution in [0.2, 0.25) is 0 Å². The summed E-state index contributed by atoms with van der Waals surface area (Å²) in [7, 11) is 0. The van der Waals surface area contributed by atoms with Crippen LogP contribution in [0.3, 0.4) is 0 Å². The molecule has 124 valence electrons. The fraction of sp³-hybridized carbons (Fsp3) is 0.667. The van der Waals surface area contributed by atoms with Crippen molar-refractivity contribution in [1.82, 2.24) is 10.3 Å². The highest BCUT2D eigenvalue weighted by atomic mass is 32.1. The summed E-state index contributed by atoms with van der Waals surface area (Å²) < 4.78 is 0. The molecule has 0 bridgehead atoms. The molecule has 1 amide bonds. The molecule has 7 heteroatoms. The van der Waals surface area contributed by atoms with Crippen molar-refractivity contribution in [2.75, 3.05) is 0 Å². The fourth-order valence-electron chi connectivity index (χ4n) is 1.94. The molecule has 4 N–H and O–H groups in total. The van der Waals surface area contributed by atoms with Crippen LogP contribution in [0.4, 0.5) is 0 Å². The molecule has 0 aliphatic rings. The van der Waals surface area contributed by atoms with E-state index in [4.69, 9.17) is 10.8 Å². The molecule has 0 aliphatic carbocycles. The first-order valence-electron chi connectivity index (χ1n) is 7.42. The van der Waals surface area contributed by atoms with E-state index in [0.29, 0.717) is 12.1 Å². The first-order chi connectivity index (χ1) is 10.2. The van der Waals surface area contributed by atoms with Gasteiger partial charge in [0.1, 0.15) is 11.0 Å². The van der Waals surface area contributed by atoms with Gasteiger partial charge in [0.05, 0.1) is 18.2 Å². The van der Waals surface area contributed by atoms with E-state index in [-0.39, 0.29) is 30.2 Å². The van der Waals surface area contributed by atoms with E-state index in [9.17, 15) is 9.59 Å². The Morgan fingerprint density at radius 1 is 1.36 bits per heavy atom. The highest BCUT2D eigenvalue weighted by Crippen LogP contribution is 2.22. The molecule has 2 atom stereocenters. The van der Waals surface area contributed by atoms with Gasteiger partial charge in [-0.3, -0.25) is 4.79 Å². The van der Waals surface area contributed by atoms with Gasteiger partial charge in [-0.05, 0) is 18.3 Å². The molecular weight excluding hydrogens is 302 g/mol. The number of thiazole rings is 1. The summed E-state index contributed by atoms with van der Waals surface area (Å²) in [5.41, 5.74) is 6.65. The zero-order valence-electron chi connectivity index (χ0n) is 13.5. The van der Waals surface area contributed by atoms with Crippen molar-refractivity contribution < 1.29 is 14.7 Å². The molecule has 0 fully saturated rings. The lowest BCUT2D eigenvalue weighted by atomic mass is 10.0. The van der Waals surface area contributed by atoms with Crippen LogP contribution in [-0.4, -0.2) is 28.0 Å². The van der Waals surface area contributed by atoms with Gasteiger partial charge >= 0.3 is 5.97 Å². The van der Waals surface area contributed by atoms with Gasteiger partial charge in [0.25, 0.3) is 0 Å². The van der Waals surface area contributed by atoms with Gasteiger partial charge in [-0.2, -0.15) is 0 Å². The van der Waals surface area contributed by atoms with Crippen molar-refractivity contribution in [3.8, 4) is 0 Å². The van der Waals surface area contributed by atoms with Gasteiger partial charge < -0.3 is 16.2 Å². The molecule has 1 rings (SSSR count). The minimum absolute atomic E-state index is 0.0726. The number of carboxylic acids is 1. The van der Waals surface area contributed by atoms with E-state index in [1.807, 2.05) is 27.7 Å². The van der Waals surface area contributed by atoms with Crippen molar-refractivity contribution in [3.05, 3.63) is 16.1 Å². The Balaban J connectivity index is 2.63. The predicted molar refractivity (Wildman–Crippen MR) is 86.6 cm³/mol. The molecule has 1 aromatic heterocycles. The van der Waals surface area contributed by atoms with Crippen LogP contribution in [0.25, 0.3) is 0 Å². The second kappa shape index (κ2) is 8.24. The van der Waals surface area contributed by atoms with E-state index in [1.54, 1.807) is 5.38 Å². The number of hydrogen-bond acceptors (Lipinski definition) is 5. The molecule has 0 saturated carbocycles. The molecule has 1 heterocycles. The Bertz CT molecular complexity index is 514. The molecule has 6 nitrogen and oxygen atoms in total. The zero-order chi connectivity index (χ0) is 16.9. The second-order valence-corrected chi connectivity index (χ2v) is 7.10. The van der Waals surface area contributed by atoms with Crippen LogP contribution >= 0.6 is 11.3 Å². The average Bonchev–Trinajstić information content (AvgIpc) is 2.84. The van der Waals surface area contributed by atoms with Crippen molar-refractivity contribution in [3.63, 3.8) is 0 Å². The van der Waals surface area contributed by atoms with Gasteiger partial charge in [-0.1, -0.05) is 27.7 Å². The Kier molecular flexibility index (Phi) is 6.96. The van der Waals surface area contributed by atoms with Crippen LogP contribution in [0.5, 0.6) is 0 Å². The minimum Gasteiger partial charge on any atom is -0.480 e. The molecule has 1 aromatic rings. The number of carbonyl (C=O) groups is 2. The maximum Gasteiger partial charge on any atom is 0.326 e. The van der Waals surface area contributed by atoms with E-state index in [1.165, 1.54) is 11.3 Å². The lowest BCUT2D eigenvalue weighted by Gasteiger charge is -2.16. The van der Waals surface area contributed by atoms with Crippen LogP contribution in [-0.2, 0) is 16.0 Å². The van der Waals surface area contributed by atoms with E-state index in [2.05, 4.69) is 10.3 Å². The standard InChI is InChI=1S/C15H25N3O3S/c1-8(2)5-11(15(20)21)18-12(19)6-10-7-22-14(17-10)13(16)9(3)4/h7-9,11,13H,5-6,16H2,1-4H3,(H,18,19)(H,20,21). The van der Waals surface area contributed by atoms with Crippen LogP contribution in [0, 0.1) is 11.8 Å². The van der Waals surface area contributed by atoms with Gasteiger partial charge in [-0.15, -0.1) is 11.3 Å². The van der Waals surface area contributed by atoms with Crippen molar-refractivity contribution in [1.29, 1.82) is 0 Å². The molecule has 0 aliphatic heterocycles. The van der Waals surface area contributed by atoms with Gasteiger partial charge in [-0.25, -0.2) is 9.78 Å². The second-order valence-electron chi connectivity index (χ2n) is 6.21. The van der Waals surface area contributed by atoms with Gasteiger partial charge in [0.2, 0.25) is 5.91 Å². The number of aromatic nitrogens is 1.